The molecule has 0 radical (unpaired) electrons. The van der Waals surface area contributed by atoms with Gasteiger partial charge in [-0.1, -0.05) is 0 Å². The highest BCUT2D eigenvalue weighted by atomic mass is 32.2. The second-order valence-electron chi connectivity index (χ2n) is 7.16. The molecule has 0 N–H and O–H groups in total. The summed E-state index contributed by atoms with van der Waals surface area (Å²) >= 11 is 0. The molecule has 1 fully saturated rings. The van der Waals surface area contributed by atoms with Crippen molar-refractivity contribution in [2.45, 2.75) is 44.4 Å². The van der Waals surface area contributed by atoms with Crippen LogP contribution in [0.3, 0.4) is 0 Å². The topological polar surface area (TPSA) is 116 Å². The summed E-state index contributed by atoms with van der Waals surface area (Å²) in [5.41, 5.74) is 0.114. The number of benzene rings is 1. The van der Waals surface area contributed by atoms with Crippen molar-refractivity contribution >= 4 is 16.0 Å². The summed E-state index contributed by atoms with van der Waals surface area (Å²) in [6.45, 7) is 4.11. The Morgan fingerprint density at radius 3 is 2.74 bits per heavy atom. The average molecular weight is 388 g/mol. The summed E-state index contributed by atoms with van der Waals surface area (Å²) < 4.78 is 35.4. The highest BCUT2D eigenvalue weighted by molar-refractivity contribution is 7.86. The molecule has 2 heterocycles. The molecule has 2 aliphatic heterocycles. The van der Waals surface area contributed by atoms with E-state index >= 15 is 0 Å². The summed E-state index contributed by atoms with van der Waals surface area (Å²) in [6, 6.07) is 6.57. The zero-order chi connectivity index (χ0) is 19.8. The Hall–Kier alpha value is -2.62. The number of rotatable bonds is 3. The molecule has 2 aliphatic rings. The van der Waals surface area contributed by atoms with Crippen LogP contribution in [-0.2, 0) is 14.3 Å². The first-order valence-electron chi connectivity index (χ1n) is 8.50. The Balaban J connectivity index is 2.20. The van der Waals surface area contributed by atoms with Crippen LogP contribution >= 0.6 is 0 Å². The van der Waals surface area contributed by atoms with Crippen molar-refractivity contribution in [3.63, 3.8) is 0 Å². The molecule has 0 unspecified atom stereocenters. The quantitative estimate of drug-likeness (QED) is 0.575. The third kappa shape index (κ3) is 3.75. The van der Waals surface area contributed by atoms with E-state index in [0.717, 1.165) is 12.7 Å². The first-order chi connectivity index (χ1) is 12.7. The van der Waals surface area contributed by atoms with Crippen LogP contribution in [0.2, 0.25) is 0 Å². The fourth-order valence-electron chi connectivity index (χ4n) is 3.67. The van der Waals surface area contributed by atoms with Crippen molar-refractivity contribution in [1.82, 2.24) is 4.90 Å². The molecule has 0 saturated carbocycles. The van der Waals surface area contributed by atoms with Gasteiger partial charge in [0.05, 0.1) is 23.9 Å². The van der Waals surface area contributed by atoms with Gasteiger partial charge in [0.2, 0.25) is 6.19 Å². The minimum Gasteiger partial charge on any atom is -0.485 e. The summed E-state index contributed by atoms with van der Waals surface area (Å²) in [5, 5.41) is 18.3. The minimum atomic E-state index is -3.78. The van der Waals surface area contributed by atoms with Crippen LogP contribution in [0.15, 0.2) is 23.2 Å². The van der Waals surface area contributed by atoms with Crippen molar-refractivity contribution in [2.75, 3.05) is 12.8 Å². The molecular formula is C18H20N4O4S. The number of hydrogen-bond donors (Lipinski definition) is 0. The lowest BCUT2D eigenvalue weighted by molar-refractivity contribution is -0.0627. The number of nitrogens with zero attached hydrogens (tertiary/aromatic N) is 4. The van der Waals surface area contributed by atoms with Crippen molar-refractivity contribution in [3.05, 3.63) is 29.3 Å². The summed E-state index contributed by atoms with van der Waals surface area (Å²) in [7, 11) is -3.78. The monoisotopic (exact) mass is 388 g/mol. The molecule has 3 rings (SSSR count). The van der Waals surface area contributed by atoms with Crippen molar-refractivity contribution in [2.24, 2.45) is 4.99 Å². The van der Waals surface area contributed by atoms with E-state index in [4.69, 9.17) is 14.2 Å². The van der Waals surface area contributed by atoms with Crippen molar-refractivity contribution in [1.29, 1.82) is 10.5 Å². The Labute approximate surface area is 158 Å². The largest absolute Gasteiger partial charge is 0.485 e. The lowest BCUT2D eigenvalue weighted by Gasteiger charge is -2.47. The third-order valence-electron chi connectivity index (χ3n) is 4.73. The van der Waals surface area contributed by atoms with Gasteiger partial charge >= 0.3 is 0 Å². The van der Waals surface area contributed by atoms with Gasteiger partial charge in [-0.25, -0.2) is 0 Å². The number of amidine groups is 1. The van der Waals surface area contributed by atoms with Crippen LogP contribution in [0.25, 0.3) is 0 Å². The Bertz CT molecular complexity index is 972. The first kappa shape index (κ1) is 19.2. The van der Waals surface area contributed by atoms with E-state index in [1.165, 1.54) is 0 Å². The fourth-order valence-corrected chi connectivity index (χ4v) is 4.39. The minimum absolute atomic E-state index is 0.429. The van der Waals surface area contributed by atoms with E-state index in [-0.39, 0.29) is 0 Å². The van der Waals surface area contributed by atoms with Gasteiger partial charge in [-0.05, 0) is 38.5 Å². The molecule has 9 heteroatoms. The molecule has 0 aromatic heterocycles. The fraction of sp³-hybridized carbons (Fsp3) is 0.500. The van der Waals surface area contributed by atoms with E-state index in [2.05, 4.69) is 11.1 Å². The maximum absolute atomic E-state index is 12.0. The summed E-state index contributed by atoms with van der Waals surface area (Å²) in [6.07, 6.45) is 3.33. The SMILES string of the molecule is CC1(C)Oc2ccc(C#N)cc2[C@H](N2CCC/C2=N/C#N)[C@H]1OS(C)(=O)=O. The molecular weight excluding hydrogens is 368 g/mol. The summed E-state index contributed by atoms with van der Waals surface area (Å²) in [5.74, 6) is 1.14. The molecule has 2 atom stereocenters. The van der Waals surface area contributed by atoms with Gasteiger partial charge in [-0.3, -0.25) is 4.18 Å². The number of ether oxygens (including phenoxy) is 1. The summed E-state index contributed by atoms with van der Waals surface area (Å²) in [4.78, 5) is 5.80. The number of nitriles is 2. The lowest BCUT2D eigenvalue weighted by Crippen LogP contribution is -2.55. The van der Waals surface area contributed by atoms with Crippen LogP contribution in [0.5, 0.6) is 5.75 Å². The maximum atomic E-state index is 12.0. The predicted octanol–water partition coefficient (Wildman–Crippen LogP) is 2.09. The number of aliphatic imine (C=N–C) groups is 1. The van der Waals surface area contributed by atoms with E-state index in [1.54, 1.807) is 32.0 Å². The van der Waals surface area contributed by atoms with Crippen LogP contribution in [0, 0.1) is 22.8 Å². The number of hydrogen-bond acceptors (Lipinski definition) is 7. The zero-order valence-corrected chi connectivity index (χ0v) is 16.2. The number of likely N-dealkylation sites (tertiary alicyclic amines) is 1. The standard InChI is InChI=1S/C18H20N4O4S/c1-18(2)17(26-27(3,23)24)16(22-8-4-5-15(22)21-11-20)13-9-12(10-19)6-7-14(13)25-18/h6-7,9,16-17H,4-5,8H2,1-3H3/b21-15-/t16-,17+/m0/s1. The second-order valence-corrected chi connectivity index (χ2v) is 8.76. The molecule has 0 bridgehead atoms. The lowest BCUT2D eigenvalue weighted by atomic mass is 9.85. The van der Waals surface area contributed by atoms with E-state index in [1.807, 2.05) is 11.1 Å². The van der Waals surface area contributed by atoms with Crippen molar-refractivity contribution in [3.8, 4) is 18.0 Å². The maximum Gasteiger partial charge on any atom is 0.264 e. The van der Waals surface area contributed by atoms with Gasteiger partial charge in [-0.15, -0.1) is 0 Å². The highest BCUT2D eigenvalue weighted by Crippen LogP contribution is 2.46. The second kappa shape index (κ2) is 6.84. The molecule has 1 aromatic carbocycles. The first-order valence-corrected chi connectivity index (χ1v) is 10.3. The van der Waals surface area contributed by atoms with Crippen LogP contribution in [0.1, 0.15) is 43.9 Å². The molecule has 0 aliphatic carbocycles. The van der Waals surface area contributed by atoms with E-state index in [0.29, 0.717) is 35.7 Å². The Morgan fingerprint density at radius 2 is 2.11 bits per heavy atom. The van der Waals surface area contributed by atoms with Gasteiger partial charge in [0.1, 0.15) is 23.3 Å². The normalized spacial score (nSPS) is 25.4. The predicted molar refractivity (Wildman–Crippen MR) is 97.3 cm³/mol. The highest BCUT2D eigenvalue weighted by Gasteiger charge is 2.50. The van der Waals surface area contributed by atoms with Gasteiger partial charge in [0, 0.05) is 18.5 Å². The Kier molecular flexibility index (Phi) is 4.85. The molecule has 1 aromatic rings. The molecule has 0 spiro atoms. The zero-order valence-electron chi connectivity index (χ0n) is 15.3. The molecule has 142 valence electrons. The van der Waals surface area contributed by atoms with Crippen molar-refractivity contribution < 1.29 is 17.3 Å². The molecule has 0 amide bonds. The molecule has 1 saturated heterocycles. The molecule has 27 heavy (non-hydrogen) atoms. The van der Waals surface area contributed by atoms with Gasteiger partial charge in [0.15, 0.2) is 0 Å². The van der Waals surface area contributed by atoms with E-state index in [9.17, 15) is 13.7 Å². The smallest absolute Gasteiger partial charge is 0.264 e. The van der Waals surface area contributed by atoms with Crippen LogP contribution in [-0.4, -0.2) is 43.7 Å². The van der Waals surface area contributed by atoms with Gasteiger partial charge < -0.3 is 9.64 Å². The molecule has 8 nitrogen and oxygen atoms in total. The third-order valence-corrected chi connectivity index (χ3v) is 5.28. The van der Waals surface area contributed by atoms with Crippen LogP contribution < -0.4 is 4.74 Å². The van der Waals surface area contributed by atoms with Crippen LogP contribution in [0.4, 0.5) is 0 Å². The average Bonchev–Trinajstić information content (AvgIpc) is 3.02. The van der Waals surface area contributed by atoms with Gasteiger partial charge in [0.25, 0.3) is 10.1 Å². The Morgan fingerprint density at radius 1 is 1.37 bits per heavy atom. The van der Waals surface area contributed by atoms with E-state index < -0.39 is 27.9 Å². The van der Waals surface area contributed by atoms with Gasteiger partial charge in [-0.2, -0.15) is 23.9 Å². The number of fused-ring (bicyclic) bond motifs is 1.